The molecule has 1 atom stereocenters. The minimum absolute atomic E-state index is 0.0198. The number of hydrogen-bond donors (Lipinski definition) is 1. The van der Waals surface area contributed by atoms with Crippen molar-refractivity contribution in [3.63, 3.8) is 0 Å². The van der Waals surface area contributed by atoms with Gasteiger partial charge < -0.3 is 15.4 Å². The lowest BCUT2D eigenvalue weighted by atomic mass is 9.98. The molecule has 0 spiro atoms. The normalized spacial score (nSPS) is 26.7. The van der Waals surface area contributed by atoms with Crippen molar-refractivity contribution in [2.24, 2.45) is 5.73 Å². The molecule has 1 amide bonds. The van der Waals surface area contributed by atoms with Crippen molar-refractivity contribution in [1.29, 1.82) is 0 Å². The molecule has 1 unspecified atom stereocenters. The van der Waals surface area contributed by atoms with E-state index in [4.69, 9.17) is 10.5 Å². The Hall–Kier alpha value is -0.820. The molecule has 0 aliphatic carbocycles. The van der Waals surface area contributed by atoms with Gasteiger partial charge in [-0.05, 0) is 6.42 Å². The highest BCUT2D eigenvalue weighted by molar-refractivity contribution is 5.86. The van der Waals surface area contributed by atoms with Crippen molar-refractivity contribution in [2.75, 3.05) is 26.8 Å². The molecule has 1 aliphatic rings. The first-order valence-electron chi connectivity index (χ1n) is 4.43. The first kappa shape index (κ1) is 12.3. The fourth-order valence-electron chi connectivity index (χ4n) is 1.47. The molecule has 15 heavy (non-hydrogen) atoms. The number of amides is 1. The summed E-state index contributed by atoms with van der Waals surface area (Å²) in [6.45, 7) is -0.999. The number of nitrogens with zero attached hydrogens (tertiary/aromatic N) is 1. The first-order valence-corrected chi connectivity index (χ1v) is 4.43. The van der Waals surface area contributed by atoms with Crippen LogP contribution in [0.3, 0.4) is 0 Å². The average Bonchev–Trinajstić information content (AvgIpc) is 2.49. The van der Waals surface area contributed by atoms with Crippen molar-refractivity contribution in [3.8, 4) is 0 Å². The third kappa shape index (κ3) is 3.07. The zero-order valence-corrected chi connectivity index (χ0v) is 8.30. The van der Waals surface area contributed by atoms with Gasteiger partial charge in [0.2, 0.25) is 5.91 Å². The third-order valence-electron chi connectivity index (χ3n) is 2.24. The second kappa shape index (κ2) is 3.97. The number of ether oxygens (including phenoxy) is 1. The Balaban J connectivity index is 2.60. The van der Waals surface area contributed by atoms with Crippen LogP contribution in [0, 0.1) is 0 Å². The van der Waals surface area contributed by atoms with E-state index >= 15 is 0 Å². The summed E-state index contributed by atoms with van der Waals surface area (Å²) in [6.07, 6.45) is -4.14. The van der Waals surface area contributed by atoms with Crippen LogP contribution in [0.1, 0.15) is 6.42 Å². The molecule has 0 saturated carbocycles. The standard InChI is InChI=1S/C8H13F3N2O2/c1-13(4-8(9,10)11)6(14)7(12)2-3-15-5-7/h2-5,12H2,1H3. The summed E-state index contributed by atoms with van der Waals surface area (Å²) in [7, 11) is 1.09. The lowest BCUT2D eigenvalue weighted by Gasteiger charge is -2.28. The van der Waals surface area contributed by atoms with E-state index in [9.17, 15) is 18.0 Å². The van der Waals surface area contributed by atoms with Crippen molar-refractivity contribution in [3.05, 3.63) is 0 Å². The quantitative estimate of drug-likeness (QED) is 0.727. The smallest absolute Gasteiger partial charge is 0.379 e. The van der Waals surface area contributed by atoms with Gasteiger partial charge in [0.25, 0.3) is 0 Å². The van der Waals surface area contributed by atoms with Crippen LogP contribution in [0.25, 0.3) is 0 Å². The second-order valence-electron chi connectivity index (χ2n) is 3.74. The molecule has 0 radical (unpaired) electrons. The Kier molecular flexibility index (Phi) is 3.25. The van der Waals surface area contributed by atoms with Crippen molar-refractivity contribution in [1.82, 2.24) is 4.90 Å². The highest BCUT2D eigenvalue weighted by Gasteiger charge is 2.42. The monoisotopic (exact) mass is 226 g/mol. The summed E-state index contributed by atoms with van der Waals surface area (Å²) in [6, 6.07) is 0. The van der Waals surface area contributed by atoms with Crippen LogP contribution < -0.4 is 5.73 Å². The van der Waals surface area contributed by atoms with E-state index in [1.54, 1.807) is 0 Å². The zero-order valence-electron chi connectivity index (χ0n) is 8.30. The van der Waals surface area contributed by atoms with Crippen LogP contribution in [0.4, 0.5) is 13.2 Å². The number of carbonyl (C=O) groups excluding carboxylic acids is 1. The van der Waals surface area contributed by atoms with E-state index in [-0.39, 0.29) is 13.0 Å². The minimum Gasteiger partial charge on any atom is -0.379 e. The fourth-order valence-corrected chi connectivity index (χ4v) is 1.47. The Morgan fingerprint density at radius 3 is 2.60 bits per heavy atom. The van der Waals surface area contributed by atoms with Crippen LogP contribution in [0.5, 0.6) is 0 Å². The van der Waals surface area contributed by atoms with Gasteiger partial charge in [-0.2, -0.15) is 13.2 Å². The average molecular weight is 226 g/mol. The highest BCUT2D eigenvalue weighted by atomic mass is 19.4. The van der Waals surface area contributed by atoms with Gasteiger partial charge in [0.1, 0.15) is 12.1 Å². The summed E-state index contributed by atoms with van der Waals surface area (Å²) < 4.78 is 40.9. The Morgan fingerprint density at radius 2 is 2.20 bits per heavy atom. The molecule has 1 saturated heterocycles. The Bertz CT molecular complexity index is 249. The van der Waals surface area contributed by atoms with Crippen molar-refractivity contribution >= 4 is 5.91 Å². The maximum absolute atomic E-state index is 12.0. The summed E-state index contributed by atoms with van der Waals surface area (Å²) in [4.78, 5) is 12.2. The molecule has 2 N–H and O–H groups in total. The number of carbonyl (C=O) groups is 1. The number of likely N-dealkylation sites (N-methyl/N-ethyl adjacent to an activating group) is 1. The molecular formula is C8H13F3N2O2. The number of halogens is 3. The van der Waals surface area contributed by atoms with Gasteiger partial charge in [-0.3, -0.25) is 4.79 Å². The van der Waals surface area contributed by atoms with E-state index in [1.807, 2.05) is 0 Å². The largest absolute Gasteiger partial charge is 0.406 e. The van der Waals surface area contributed by atoms with E-state index < -0.39 is 24.2 Å². The van der Waals surface area contributed by atoms with Crippen molar-refractivity contribution < 1.29 is 22.7 Å². The molecule has 4 nitrogen and oxygen atoms in total. The van der Waals surface area contributed by atoms with Gasteiger partial charge in [0.05, 0.1) is 6.61 Å². The number of nitrogens with two attached hydrogens (primary N) is 1. The van der Waals surface area contributed by atoms with E-state index in [0.717, 1.165) is 7.05 Å². The van der Waals surface area contributed by atoms with Gasteiger partial charge in [-0.15, -0.1) is 0 Å². The van der Waals surface area contributed by atoms with Crippen LogP contribution in [-0.4, -0.2) is 49.3 Å². The van der Waals surface area contributed by atoms with Gasteiger partial charge >= 0.3 is 6.18 Å². The summed E-state index contributed by atoms with van der Waals surface area (Å²) in [5.41, 5.74) is 4.35. The van der Waals surface area contributed by atoms with Crippen molar-refractivity contribution in [2.45, 2.75) is 18.1 Å². The minimum atomic E-state index is -4.40. The Labute approximate surface area is 85.2 Å². The molecular weight excluding hydrogens is 213 g/mol. The molecule has 7 heteroatoms. The summed E-state index contributed by atoms with van der Waals surface area (Å²) in [5, 5.41) is 0. The summed E-state index contributed by atoms with van der Waals surface area (Å²) in [5.74, 6) is -0.725. The van der Waals surface area contributed by atoms with Crippen LogP contribution in [0.2, 0.25) is 0 Å². The number of rotatable bonds is 2. The van der Waals surface area contributed by atoms with Crippen LogP contribution in [-0.2, 0) is 9.53 Å². The lowest BCUT2D eigenvalue weighted by molar-refractivity contribution is -0.161. The van der Waals surface area contributed by atoms with Gasteiger partial charge in [0, 0.05) is 13.7 Å². The molecule has 88 valence electrons. The Morgan fingerprint density at radius 1 is 1.60 bits per heavy atom. The molecule has 1 fully saturated rings. The van der Waals surface area contributed by atoms with E-state index in [0.29, 0.717) is 11.5 Å². The van der Waals surface area contributed by atoms with Gasteiger partial charge in [-0.1, -0.05) is 0 Å². The molecule has 0 aromatic carbocycles. The number of hydrogen-bond acceptors (Lipinski definition) is 3. The van der Waals surface area contributed by atoms with Crippen LogP contribution in [0.15, 0.2) is 0 Å². The molecule has 0 bridgehead atoms. The van der Waals surface area contributed by atoms with Crippen LogP contribution >= 0.6 is 0 Å². The second-order valence-corrected chi connectivity index (χ2v) is 3.74. The van der Waals surface area contributed by atoms with Gasteiger partial charge in [-0.25, -0.2) is 0 Å². The highest BCUT2D eigenvalue weighted by Crippen LogP contribution is 2.21. The first-order chi connectivity index (χ1) is 6.75. The maximum Gasteiger partial charge on any atom is 0.406 e. The predicted molar refractivity (Wildman–Crippen MR) is 46.0 cm³/mol. The molecule has 1 rings (SSSR count). The molecule has 0 aromatic rings. The van der Waals surface area contributed by atoms with E-state index in [1.165, 1.54) is 0 Å². The molecule has 1 heterocycles. The fraction of sp³-hybridized carbons (Fsp3) is 0.875. The molecule has 1 aliphatic heterocycles. The van der Waals surface area contributed by atoms with Gasteiger partial charge in [0.15, 0.2) is 0 Å². The summed E-state index contributed by atoms with van der Waals surface area (Å²) >= 11 is 0. The molecule has 0 aromatic heterocycles. The third-order valence-corrected chi connectivity index (χ3v) is 2.24. The SMILES string of the molecule is CN(CC(F)(F)F)C(=O)C1(N)CCOC1. The van der Waals surface area contributed by atoms with E-state index in [2.05, 4.69) is 0 Å². The lowest BCUT2D eigenvalue weighted by Crippen LogP contribution is -2.56. The number of alkyl halides is 3. The predicted octanol–water partition coefficient (Wildman–Crippen LogP) is 0.125. The maximum atomic E-state index is 12.0. The zero-order chi connectivity index (χ0) is 11.7. The topological polar surface area (TPSA) is 55.6 Å².